The number of aromatic nitrogens is 3. The van der Waals surface area contributed by atoms with E-state index in [1.807, 2.05) is 27.8 Å². The van der Waals surface area contributed by atoms with Gasteiger partial charge in [-0.25, -0.2) is 9.67 Å². The van der Waals surface area contributed by atoms with Gasteiger partial charge in [-0.3, -0.25) is 9.59 Å². The molecule has 0 saturated carbocycles. The van der Waals surface area contributed by atoms with Gasteiger partial charge >= 0.3 is 0 Å². The number of amides is 2. The molecule has 0 bridgehead atoms. The lowest BCUT2D eigenvalue weighted by atomic mass is 9.89. The Morgan fingerprint density at radius 3 is 2.82 bits per heavy atom. The summed E-state index contributed by atoms with van der Waals surface area (Å²) < 4.78 is 7.68. The second-order valence-corrected chi connectivity index (χ2v) is 7.28. The molecule has 2 aromatic rings. The van der Waals surface area contributed by atoms with Gasteiger partial charge < -0.3 is 15.0 Å². The van der Waals surface area contributed by atoms with Crippen LogP contribution >= 0.6 is 0 Å². The van der Waals surface area contributed by atoms with Gasteiger partial charge in [-0.1, -0.05) is 6.07 Å². The summed E-state index contributed by atoms with van der Waals surface area (Å²) in [5, 5.41) is 7.43. The Hall–Kier alpha value is -2.74. The number of carbonyl (C=O) groups is 2. The SMILES string of the molecule is CC(=O)NCC(=O)N1CCC(c2c3c(nn2-c2ccccn2)CCOC3)CC1. The Labute approximate surface area is 163 Å². The zero-order valence-electron chi connectivity index (χ0n) is 16.1. The van der Waals surface area contributed by atoms with E-state index in [2.05, 4.69) is 10.3 Å². The summed E-state index contributed by atoms with van der Waals surface area (Å²) in [5.74, 6) is 0.896. The van der Waals surface area contributed by atoms with Gasteiger partial charge in [-0.05, 0) is 25.0 Å². The molecule has 1 saturated heterocycles. The summed E-state index contributed by atoms with van der Waals surface area (Å²) in [6.07, 6.45) is 4.31. The number of nitrogens with one attached hydrogen (secondary N) is 1. The Balaban J connectivity index is 1.54. The number of hydrogen-bond donors (Lipinski definition) is 1. The van der Waals surface area contributed by atoms with E-state index in [0.717, 1.165) is 30.8 Å². The maximum atomic E-state index is 12.3. The molecule has 0 radical (unpaired) electrons. The quantitative estimate of drug-likeness (QED) is 0.856. The van der Waals surface area contributed by atoms with Gasteiger partial charge in [0.15, 0.2) is 5.82 Å². The van der Waals surface area contributed by atoms with Gasteiger partial charge in [-0.2, -0.15) is 5.10 Å². The molecule has 0 unspecified atom stereocenters. The molecule has 0 aromatic carbocycles. The summed E-state index contributed by atoms with van der Waals surface area (Å²) in [6.45, 7) is 4.11. The monoisotopic (exact) mass is 383 g/mol. The standard InChI is InChI=1S/C20H25N5O3/c1-14(26)22-12-19(27)24-9-5-15(6-10-24)20-16-13-28-11-7-17(16)23-25(20)18-4-2-3-8-21-18/h2-4,8,15H,5-7,9-13H2,1H3,(H,22,26). The molecule has 0 aliphatic carbocycles. The fraction of sp³-hybridized carbons (Fsp3) is 0.500. The number of carbonyl (C=O) groups excluding carboxylic acids is 2. The summed E-state index contributed by atoms with van der Waals surface area (Å²) in [6, 6.07) is 5.83. The molecule has 8 heteroatoms. The molecule has 2 aliphatic heterocycles. The smallest absolute Gasteiger partial charge is 0.241 e. The van der Waals surface area contributed by atoms with Crippen molar-refractivity contribution in [2.24, 2.45) is 0 Å². The van der Waals surface area contributed by atoms with Gasteiger partial charge in [0.1, 0.15) is 0 Å². The number of piperidine rings is 1. The van der Waals surface area contributed by atoms with Crippen molar-refractivity contribution in [2.45, 2.75) is 38.7 Å². The zero-order valence-corrected chi connectivity index (χ0v) is 16.1. The van der Waals surface area contributed by atoms with Crippen molar-refractivity contribution in [2.75, 3.05) is 26.2 Å². The molecule has 2 aromatic heterocycles. The zero-order chi connectivity index (χ0) is 19.5. The minimum Gasteiger partial charge on any atom is -0.376 e. The number of ether oxygens (including phenoxy) is 1. The van der Waals surface area contributed by atoms with Crippen LogP contribution in [-0.4, -0.2) is 57.7 Å². The van der Waals surface area contributed by atoms with Crippen molar-refractivity contribution >= 4 is 11.8 Å². The van der Waals surface area contributed by atoms with E-state index in [1.165, 1.54) is 18.2 Å². The first-order valence-corrected chi connectivity index (χ1v) is 9.75. The van der Waals surface area contributed by atoms with Crippen molar-refractivity contribution < 1.29 is 14.3 Å². The second-order valence-electron chi connectivity index (χ2n) is 7.28. The van der Waals surface area contributed by atoms with Crippen LogP contribution in [0.3, 0.4) is 0 Å². The number of hydrogen-bond acceptors (Lipinski definition) is 5. The molecule has 2 aliphatic rings. The third-order valence-corrected chi connectivity index (χ3v) is 5.43. The summed E-state index contributed by atoms with van der Waals surface area (Å²) in [4.78, 5) is 29.6. The minimum absolute atomic E-state index is 0.0303. The first kappa shape index (κ1) is 18.6. The normalized spacial score (nSPS) is 17.2. The van der Waals surface area contributed by atoms with Crippen LogP contribution in [0.2, 0.25) is 0 Å². The first-order valence-electron chi connectivity index (χ1n) is 9.75. The summed E-state index contributed by atoms with van der Waals surface area (Å²) >= 11 is 0. The van der Waals surface area contributed by atoms with Gasteiger partial charge in [0.2, 0.25) is 11.8 Å². The summed E-state index contributed by atoms with van der Waals surface area (Å²) in [5.41, 5.74) is 3.44. The van der Waals surface area contributed by atoms with Gasteiger partial charge in [0, 0.05) is 44.1 Å². The Kier molecular flexibility index (Phi) is 5.38. The highest BCUT2D eigenvalue weighted by Gasteiger charge is 2.31. The molecule has 28 heavy (non-hydrogen) atoms. The van der Waals surface area contributed by atoms with Crippen LogP contribution in [0.25, 0.3) is 5.82 Å². The lowest BCUT2D eigenvalue weighted by Crippen LogP contribution is -2.43. The minimum atomic E-state index is -0.186. The van der Waals surface area contributed by atoms with Crippen LogP contribution in [0.1, 0.15) is 42.6 Å². The van der Waals surface area contributed by atoms with Crippen molar-refractivity contribution in [3.63, 3.8) is 0 Å². The predicted molar refractivity (Wildman–Crippen MR) is 102 cm³/mol. The lowest BCUT2D eigenvalue weighted by molar-refractivity contribution is -0.133. The molecule has 1 fully saturated rings. The average Bonchev–Trinajstić information content (AvgIpc) is 3.12. The van der Waals surface area contributed by atoms with E-state index in [1.54, 1.807) is 6.20 Å². The Bertz CT molecular complexity index is 856. The van der Waals surface area contributed by atoms with Crippen LogP contribution in [0.15, 0.2) is 24.4 Å². The average molecular weight is 383 g/mol. The molecular formula is C20H25N5O3. The van der Waals surface area contributed by atoms with E-state index in [-0.39, 0.29) is 18.4 Å². The highest BCUT2D eigenvalue weighted by Crippen LogP contribution is 2.35. The van der Waals surface area contributed by atoms with E-state index < -0.39 is 0 Å². The predicted octanol–water partition coefficient (Wildman–Crippen LogP) is 1.18. The van der Waals surface area contributed by atoms with Crippen molar-refractivity contribution in [3.8, 4) is 5.82 Å². The van der Waals surface area contributed by atoms with Gasteiger partial charge in [-0.15, -0.1) is 0 Å². The molecule has 148 valence electrons. The van der Waals surface area contributed by atoms with E-state index in [9.17, 15) is 9.59 Å². The molecular weight excluding hydrogens is 358 g/mol. The number of likely N-dealkylation sites (tertiary alicyclic amines) is 1. The first-order chi connectivity index (χ1) is 13.6. The molecule has 0 spiro atoms. The third kappa shape index (κ3) is 3.77. The Morgan fingerprint density at radius 1 is 1.29 bits per heavy atom. The number of rotatable bonds is 4. The molecule has 8 nitrogen and oxygen atoms in total. The third-order valence-electron chi connectivity index (χ3n) is 5.43. The van der Waals surface area contributed by atoms with Gasteiger partial charge in [0.05, 0.1) is 31.1 Å². The maximum Gasteiger partial charge on any atom is 0.241 e. The van der Waals surface area contributed by atoms with E-state index in [0.29, 0.717) is 32.2 Å². The topological polar surface area (TPSA) is 89.4 Å². The summed E-state index contributed by atoms with van der Waals surface area (Å²) in [7, 11) is 0. The van der Waals surface area contributed by atoms with Gasteiger partial charge in [0.25, 0.3) is 0 Å². The lowest BCUT2D eigenvalue weighted by Gasteiger charge is -2.33. The van der Waals surface area contributed by atoms with Crippen molar-refractivity contribution in [1.82, 2.24) is 25.0 Å². The van der Waals surface area contributed by atoms with E-state index >= 15 is 0 Å². The van der Waals surface area contributed by atoms with E-state index in [4.69, 9.17) is 9.84 Å². The van der Waals surface area contributed by atoms with Crippen LogP contribution in [0.4, 0.5) is 0 Å². The molecule has 2 amide bonds. The number of nitrogens with zero attached hydrogens (tertiary/aromatic N) is 4. The Morgan fingerprint density at radius 2 is 2.11 bits per heavy atom. The second kappa shape index (κ2) is 8.10. The molecule has 4 rings (SSSR count). The van der Waals surface area contributed by atoms with Crippen molar-refractivity contribution in [1.29, 1.82) is 0 Å². The highest BCUT2D eigenvalue weighted by atomic mass is 16.5. The van der Waals surface area contributed by atoms with Crippen LogP contribution in [0.5, 0.6) is 0 Å². The van der Waals surface area contributed by atoms with Crippen LogP contribution in [0, 0.1) is 0 Å². The molecule has 4 heterocycles. The van der Waals surface area contributed by atoms with Crippen molar-refractivity contribution in [3.05, 3.63) is 41.3 Å². The molecule has 0 atom stereocenters. The largest absolute Gasteiger partial charge is 0.376 e. The van der Waals surface area contributed by atoms with Crippen LogP contribution in [-0.2, 0) is 27.4 Å². The number of fused-ring (bicyclic) bond motifs is 1. The fourth-order valence-corrected chi connectivity index (χ4v) is 4.00. The fourth-order valence-electron chi connectivity index (χ4n) is 4.00. The highest BCUT2D eigenvalue weighted by molar-refractivity contribution is 5.83. The van der Waals surface area contributed by atoms with Crippen LogP contribution < -0.4 is 5.32 Å². The number of pyridine rings is 1. The molecule has 1 N–H and O–H groups in total. The maximum absolute atomic E-state index is 12.3.